The molecule has 23 heavy (non-hydrogen) atoms. The molecule has 0 aliphatic rings. The van der Waals surface area contributed by atoms with E-state index in [4.69, 9.17) is 17.3 Å². The third kappa shape index (κ3) is 3.43. The SMILES string of the molecule is Nc1cccc(-c2ccc(=O)n(Cc3ccc(Cl)cc3F)c2)c1. The quantitative estimate of drug-likeness (QED) is 0.740. The number of nitrogens with two attached hydrogens (primary N) is 1. The van der Waals surface area contributed by atoms with Crippen LogP contribution >= 0.6 is 11.6 Å². The number of nitrogens with zero attached hydrogens (tertiary/aromatic N) is 1. The van der Waals surface area contributed by atoms with Gasteiger partial charge in [-0.1, -0.05) is 29.8 Å². The first-order valence-electron chi connectivity index (χ1n) is 7.03. The summed E-state index contributed by atoms with van der Waals surface area (Å²) in [6.07, 6.45) is 1.70. The molecule has 0 radical (unpaired) electrons. The molecule has 0 aliphatic carbocycles. The van der Waals surface area contributed by atoms with Gasteiger partial charge in [0.05, 0.1) is 6.54 Å². The minimum absolute atomic E-state index is 0.137. The first-order valence-corrected chi connectivity index (χ1v) is 7.41. The van der Waals surface area contributed by atoms with Crippen molar-refractivity contribution in [3.63, 3.8) is 0 Å². The molecular formula is C18H14ClFN2O. The van der Waals surface area contributed by atoms with E-state index in [2.05, 4.69) is 0 Å². The second-order valence-electron chi connectivity index (χ2n) is 5.25. The van der Waals surface area contributed by atoms with Crippen molar-refractivity contribution in [3.05, 3.63) is 87.6 Å². The Hall–Kier alpha value is -2.59. The Morgan fingerprint density at radius 3 is 2.61 bits per heavy atom. The molecule has 2 N–H and O–H groups in total. The van der Waals surface area contributed by atoms with Gasteiger partial charge in [0.1, 0.15) is 5.82 Å². The Labute approximate surface area is 137 Å². The lowest BCUT2D eigenvalue weighted by molar-refractivity contribution is 0.596. The zero-order chi connectivity index (χ0) is 16.4. The predicted molar refractivity (Wildman–Crippen MR) is 91.1 cm³/mol. The van der Waals surface area contributed by atoms with Crippen molar-refractivity contribution in [1.82, 2.24) is 4.57 Å². The molecule has 0 saturated heterocycles. The van der Waals surface area contributed by atoms with Crippen molar-refractivity contribution in [1.29, 1.82) is 0 Å². The summed E-state index contributed by atoms with van der Waals surface area (Å²) in [6.45, 7) is 0.137. The summed E-state index contributed by atoms with van der Waals surface area (Å²) in [5.74, 6) is -0.432. The number of aromatic nitrogens is 1. The predicted octanol–water partition coefficient (Wildman–Crippen LogP) is 3.94. The van der Waals surface area contributed by atoms with E-state index in [9.17, 15) is 9.18 Å². The molecule has 0 unspecified atom stereocenters. The van der Waals surface area contributed by atoms with Gasteiger partial charge in [-0.15, -0.1) is 0 Å². The number of pyridine rings is 1. The van der Waals surface area contributed by atoms with E-state index in [0.717, 1.165) is 11.1 Å². The van der Waals surface area contributed by atoms with E-state index in [1.54, 1.807) is 30.5 Å². The van der Waals surface area contributed by atoms with Gasteiger partial charge in [0.2, 0.25) is 0 Å². The van der Waals surface area contributed by atoms with Crippen molar-refractivity contribution in [3.8, 4) is 11.1 Å². The summed E-state index contributed by atoms with van der Waals surface area (Å²) in [5.41, 5.74) is 8.37. The minimum atomic E-state index is -0.432. The zero-order valence-electron chi connectivity index (χ0n) is 12.2. The summed E-state index contributed by atoms with van der Waals surface area (Å²) in [4.78, 5) is 12.0. The number of hydrogen-bond donors (Lipinski definition) is 1. The number of hydrogen-bond acceptors (Lipinski definition) is 2. The second-order valence-corrected chi connectivity index (χ2v) is 5.68. The van der Waals surface area contributed by atoms with Crippen molar-refractivity contribution < 1.29 is 4.39 Å². The molecule has 1 heterocycles. The molecule has 5 heteroatoms. The van der Waals surface area contributed by atoms with Crippen LogP contribution in [0.15, 0.2) is 65.6 Å². The maximum absolute atomic E-state index is 13.9. The molecule has 0 atom stereocenters. The summed E-state index contributed by atoms with van der Waals surface area (Å²) in [5, 5.41) is 0.326. The van der Waals surface area contributed by atoms with Gasteiger partial charge in [-0.25, -0.2) is 4.39 Å². The van der Waals surface area contributed by atoms with Crippen molar-refractivity contribution in [2.75, 3.05) is 5.73 Å². The smallest absolute Gasteiger partial charge is 0.250 e. The molecule has 0 fully saturated rings. The molecule has 0 spiro atoms. The number of halogens is 2. The van der Waals surface area contributed by atoms with Crippen LogP contribution in [0.3, 0.4) is 0 Å². The third-order valence-corrected chi connectivity index (χ3v) is 3.79. The molecule has 0 amide bonds. The van der Waals surface area contributed by atoms with Gasteiger partial charge in [-0.3, -0.25) is 4.79 Å². The molecule has 0 saturated carbocycles. The third-order valence-electron chi connectivity index (χ3n) is 3.56. The fourth-order valence-corrected chi connectivity index (χ4v) is 2.54. The van der Waals surface area contributed by atoms with Crippen LogP contribution < -0.4 is 11.3 Å². The molecule has 0 aliphatic heterocycles. The largest absolute Gasteiger partial charge is 0.399 e. The van der Waals surface area contributed by atoms with Crippen LogP contribution in [0.2, 0.25) is 5.02 Å². The van der Waals surface area contributed by atoms with E-state index in [1.807, 2.05) is 18.2 Å². The molecule has 116 valence electrons. The van der Waals surface area contributed by atoms with E-state index >= 15 is 0 Å². The highest BCUT2D eigenvalue weighted by molar-refractivity contribution is 6.30. The van der Waals surface area contributed by atoms with Crippen molar-refractivity contribution in [2.45, 2.75) is 6.54 Å². The molecule has 3 nitrogen and oxygen atoms in total. The fourth-order valence-electron chi connectivity index (χ4n) is 2.38. The van der Waals surface area contributed by atoms with Gasteiger partial charge in [-0.05, 0) is 41.5 Å². The molecule has 3 rings (SSSR count). The molecule has 2 aromatic carbocycles. The lowest BCUT2D eigenvalue weighted by Gasteiger charge is -2.10. The molecular weight excluding hydrogens is 315 g/mol. The van der Waals surface area contributed by atoms with Crippen LogP contribution in [0.4, 0.5) is 10.1 Å². The average Bonchev–Trinajstić information content (AvgIpc) is 2.52. The van der Waals surface area contributed by atoms with Gasteiger partial charge < -0.3 is 10.3 Å². The standard InChI is InChI=1S/C18H14ClFN2O/c19-15-6-4-14(17(20)9-15)11-22-10-13(5-7-18(22)23)12-2-1-3-16(21)8-12/h1-10H,11,21H2. The van der Waals surface area contributed by atoms with E-state index in [0.29, 0.717) is 16.3 Å². The van der Waals surface area contributed by atoms with Gasteiger partial charge in [0.15, 0.2) is 0 Å². The number of rotatable bonds is 3. The molecule has 3 aromatic rings. The Balaban J connectivity index is 1.99. The maximum Gasteiger partial charge on any atom is 0.250 e. The van der Waals surface area contributed by atoms with Gasteiger partial charge in [0, 0.05) is 28.5 Å². The summed E-state index contributed by atoms with van der Waals surface area (Å²) in [7, 11) is 0. The highest BCUT2D eigenvalue weighted by Crippen LogP contribution is 2.21. The topological polar surface area (TPSA) is 48.0 Å². The van der Waals surface area contributed by atoms with Crippen molar-refractivity contribution in [2.24, 2.45) is 0 Å². The van der Waals surface area contributed by atoms with Crippen LogP contribution in [0.25, 0.3) is 11.1 Å². The summed E-state index contributed by atoms with van der Waals surface area (Å²) < 4.78 is 15.4. The lowest BCUT2D eigenvalue weighted by atomic mass is 10.1. The monoisotopic (exact) mass is 328 g/mol. The van der Waals surface area contributed by atoms with E-state index in [1.165, 1.54) is 16.7 Å². The highest BCUT2D eigenvalue weighted by atomic mass is 35.5. The second kappa shape index (κ2) is 6.26. The Bertz CT molecular complexity index is 921. The Kier molecular flexibility index (Phi) is 4.17. The van der Waals surface area contributed by atoms with E-state index in [-0.39, 0.29) is 12.1 Å². The Morgan fingerprint density at radius 1 is 1.04 bits per heavy atom. The number of benzene rings is 2. The lowest BCUT2D eigenvalue weighted by Crippen LogP contribution is -2.19. The van der Waals surface area contributed by atoms with Gasteiger partial charge in [0.25, 0.3) is 5.56 Å². The van der Waals surface area contributed by atoms with Crippen LogP contribution in [0, 0.1) is 5.82 Å². The van der Waals surface area contributed by atoms with E-state index < -0.39 is 5.82 Å². The maximum atomic E-state index is 13.9. The molecule has 1 aromatic heterocycles. The van der Waals surface area contributed by atoms with Gasteiger partial charge in [-0.2, -0.15) is 0 Å². The fraction of sp³-hybridized carbons (Fsp3) is 0.0556. The van der Waals surface area contributed by atoms with Crippen LogP contribution in [0.1, 0.15) is 5.56 Å². The van der Waals surface area contributed by atoms with Crippen molar-refractivity contribution >= 4 is 17.3 Å². The van der Waals surface area contributed by atoms with Crippen LogP contribution in [-0.2, 0) is 6.54 Å². The van der Waals surface area contributed by atoms with Crippen LogP contribution in [0.5, 0.6) is 0 Å². The highest BCUT2D eigenvalue weighted by Gasteiger charge is 2.07. The van der Waals surface area contributed by atoms with Crippen LogP contribution in [-0.4, -0.2) is 4.57 Å². The summed E-state index contributed by atoms with van der Waals surface area (Å²) >= 11 is 5.75. The number of anilines is 1. The normalized spacial score (nSPS) is 10.7. The Morgan fingerprint density at radius 2 is 1.87 bits per heavy atom. The first-order chi connectivity index (χ1) is 11.0. The summed E-state index contributed by atoms with van der Waals surface area (Å²) in [6, 6.07) is 15.0. The first kappa shape index (κ1) is 15.3. The average molecular weight is 329 g/mol. The zero-order valence-corrected chi connectivity index (χ0v) is 12.9. The number of nitrogen functional groups attached to an aromatic ring is 1. The van der Waals surface area contributed by atoms with Gasteiger partial charge >= 0.3 is 0 Å². The molecule has 0 bridgehead atoms. The minimum Gasteiger partial charge on any atom is -0.399 e.